The van der Waals surface area contributed by atoms with Gasteiger partial charge in [-0.1, -0.05) is 0 Å². The van der Waals surface area contributed by atoms with E-state index < -0.39 is 12.0 Å². The minimum absolute atomic E-state index is 0.130. The number of ether oxygens (including phenoxy) is 1. The molecule has 4 rings (SSSR count). The lowest BCUT2D eigenvalue weighted by Crippen LogP contribution is -2.51. The minimum atomic E-state index is -0.719. The maximum Gasteiger partial charge on any atom is 0.249 e. The molecule has 6 unspecified atom stereocenters. The fourth-order valence-electron chi connectivity index (χ4n) is 6.45. The molecule has 2 heterocycles. The zero-order valence-corrected chi connectivity index (χ0v) is 18.1. The van der Waals surface area contributed by atoms with Crippen molar-refractivity contribution in [1.82, 2.24) is 10.4 Å². The Hall–Kier alpha value is -1.22. The molecule has 1 spiro atoms. The van der Waals surface area contributed by atoms with Crippen LogP contribution >= 0.6 is 0 Å². The van der Waals surface area contributed by atoms with Crippen molar-refractivity contribution >= 4 is 11.8 Å². The molecule has 8 heteroatoms. The van der Waals surface area contributed by atoms with Gasteiger partial charge in [0.2, 0.25) is 11.8 Å². The van der Waals surface area contributed by atoms with E-state index in [9.17, 15) is 14.7 Å². The van der Waals surface area contributed by atoms with Crippen LogP contribution in [0.25, 0.3) is 0 Å². The molecule has 0 aromatic rings. The first-order chi connectivity index (χ1) is 14.5. The molecular weight excluding hydrogens is 386 g/mol. The third-order valence-corrected chi connectivity index (χ3v) is 8.37. The van der Waals surface area contributed by atoms with Crippen molar-refractivity contribution < 1.29 is 24.3 Å². The number of nitrogens with zero attached hydrogens (tertiary/aromatic N) is 1. The number of carbonyl (C=O) groups excluding carboxylic acids is 2. The molecule has 0 radical (unpaired) electrons. The van der Waals surface area contributed by atoms with Gasteiger partial charge in [-0.2, -0.15) is 0 Å². The minimum Gasteiger partial charge on any atom is -0.392 e. The first-order valence-corrected chi connectivity index (χ1v) is 11.6. The highest BCUT2D eigenvalue weighted by Gasteiger charge is 2.53. The highest BCUT2D eigenvalue weighted by Crippen LogP contribution is 2.52. The lowest BCUT2D eigenvalue weighted by atomic mass is 9.63. The Balaban J connectivity index is 1.35. The third-order valence-electron chi connectivity index (χ3n) is 8.37. The standard InChI is InChI=1S/C22H37N3O5/c1-29-24-20(27)16-11-15(3-4-18(16)26)21(28)25-8-6-22(7-9-25)13-30-19-5-2-14(12-23)10-17(19)22/h14-19,26H,2-13,23H2,1H3,(H,24,27). The number of hydroxylamine groups is 1. The Kier molecular flexibility index (Phi) is 6.67. The Morgan fingerprint density at radius 3 is 2.67 bits per heavy atom. The second-order valence-corrected chi connectivity index (χ2v) is 9.91. The number of nitrogens with two attached hydrogens (primary N) is 1. The van der Waals surface area contributed by atoms with E-state index >= 15 is 0 Å². The van der Waals surface area contributed by atoms with Crippen molar-refractivity contribution in [2.75, 3.05) is 33.4 Å². The van der Waals surface area contributed by atoms with Crippen molar-refractivity contribution in [3.8, 4) is 0 Å². The van der Waals surface area contributed by atoms with E-state index in [0.29, 0.717) is 37.2 Å². The van der Waals surface area contributed by atoms with E-state index in [1.165, 1.54) is 13.5 Å². The maximum absolute atomic E-state index is 13.2. The molecule has 6 atom stereocenters. The van der Waals surface area contributed by atoms with E-state index in [1.54, 1.807) is 0 Å². The first kappa shape index (κ1) is 22.0. The molecule has 4 N–H and O–H groups in total. The number of nitrogens with one attached hydrogen (secondary N) is 1. The SMILES string of the molecule is CONC(=O)C1CC(C(=O)N2CCC3(CC2)COC2CCC(CN)CC23)CCC1O. The van der Waals surface area contributed by atoms with Gasteiger partial charge in [0.1, 0.15) is 0 Å². The summed E-state index contributed by atoms with van der Waals surface area (Å²) in [6.45, 7) is 3.09. The molecule has 2 aliphatic carbocycles. The van der Waals surface area contributed by atoms with E-state index in [4.69, 9.17) is 15.3 Å². The topological polar surface area (TPSA) is 114 Å². The zero-order valence-electron chi connectivity index (χ0n) is 18.1. The van der Waals surface area contributed by atoms with Gasteiger partial charge in [0.25, 0.3) is 0 Å². The molecule has 0 aromatic carbocycles. The van der Waals surface area contributed by atoms with E-state index in [1.807, 2.05) is 4.90 Å². The van der Waals surface area contributed by atoms with Gasteiger partial charge in [-0.15, -0.1) is 0 Å². The highest BCUT2D eigenvalue weighted by atomic mass is 16.6. The smallest absolute Gasteiger partial charge is 0.249 e. The summed E-state index contributed by atoms with van der Waals surface area (Å²) in [7, 11) is 1.37. The number of hydrogen-bond acceptors (Lipinski definition) is 6. The maximum atomic E-state index is 13.2. The molecule has 2 amide bonds. The number of aliphatic hydroxyl groups excluding tert-OH is 1. The van der Waals surface area contributed by atoms with Gasteiger partial charge in [-0.25, -0.2) is 5.48 Å². The summed E-state index contributed by atoms with van der Waals surface area (Å²) in [5.41, 5.74) is 8.46. The van der Waals surface area contributed by atoms with Crippen LogP contribution in [0.2, 0.25) is 0 Å². The summed E-state index contributed by atoms with van der Waals surface area (Å²) in [4.78, 5) is 32.1. The van der Waals surface area contributed by atoms with E-state index in [2.05, 4.69) is 5.48 Å². The number of rotatable bonds is 4. The van der Waals surface area contributed by atoms with Crippen LogP contribution in [0.4, 0.5) is 0 Å². The predicted octanol–water partition coefficient (Wildman–Crippen LogP) is 0.824. The van der Waals surface area contributed by atoms with Gasteiger partial charge >= 0.3 is 0 Å². The van der Waals surface area contributed by atoms with Crippen LogP contribution in [-0.2, 0) is 19.2 Å². The molecule has 4 fully saturated rings. The second kappa shape index (κ2) is 9.10. The second-order valence-electron chi connectivity index (χ2n) is 9.91. The number of aliphatic hydroxyl groups is 1. The van der Waals surface area contributed by atoms with Crippen molar-refractivity contribution in [3.05, 3.63) is 0 Å². The largest absolute Gasteiger partial charge is 0.392 e. The number of amides is 2. The molecule has 0 bridgehead atoms. The molecule has 0 aromatic heterocycles. The normalized spacial score (nSPS) is 38.3. The Morgan fingerprint density at radius 2 is 1.97 bits per heavy atom. The number of hydrogen-bond donors (Lipinski definition) is 3. The molecule has 170 valence electrons. The summed E-state index contributed by atoms with van der Waals surface area (Å²) >= 11 is 0. The predicted molar refractivity (Wildman–Crippen MR) is 110 cm³/mol. The van der Waals surface area contributed by atoms with Crippen molar-refractivity contribution in [2.45, 2.75) is 63.6 Å². The van der Waals surface area contributed by atoms with Crippen LogP contribution in [0.15, 0.2) is 0 Å². The van der Waals surface area contributed by atoms with E-state index in [-0.39, 0.29) is 23.1 Å². The van der Waals surface area contributed by atoms with Crippen LogP contribution in [0.1, 0.15) is 51.4 Å². The van der Waals surface area contributed by atoms with Crippen molar-refractivity contribution in [2.24, 2.45) is 34.8 Å². The summed E-state index contributed by atoms with van der Waals surface area (Å²) in [5.74, 6) is 0.159. The number of carbonyl (C=O) groups is 2. The number of piperidine rings is 1. The Labute approximate surface area is 178 Å². The molecule has 2 saturated carbocycles. The van der Waals surface area contributed by atoms with Crippen LogP contribution in [0.3, 0.4) is 0 Å². The third kappa shape index (κ3) is 4.11. The quantitative estimate of drug-likeness (QED) is 0.577. The van der Waals surface area contributed by atoms with Crippen LogP contribution in [-0.4, -0.2) is 67.4 Å². The number of likely N-dealkylation sites (tertiary alicyclic amines) is 1. The summed E-state index contributed by atoms with van der Waals surface area (Å²) in [6, 6.07) is 0. The lowest BCUT2D eigenvalue weighted by Gasteiger charge is -2.46. The molecule has 4 aliphatic rings. The van der Waals surface area contributed by atoms with Gasteiger partial charge in [-0.3, -0.25) is 14.4 Å². The summed E-state index contributed by atoms with van der Waals surface area (Å²) in [5, 5.41) is 10.2. The van der Waals surface area contributed by atoms with Gasteiger partial charge in [0.05, 0.1) is 31.8 Å². The zero-order chi connectivity index (χ0) is 21.3. The molecule has 2 aliphatic heterocycles. The average Bonchev–Trinajstić information content (AvgIpc) is 3.11. The molecule has 2 saturated heterocycles. The van der Waals surface area contributed by atoms with Crippen molar-refractivity contribution in [1.29, 1.82) is 0 Å². The van der Waals surface area contributed by atoms with Crippen LogP contribution in [0, 0.1) is 29.1 Å². The van der Waals surface area contributed by atoms with Gasteiger partial charge in [-0.05, 0) is 69.7 Å². The lowest BCUT2D eigenvalue weighted by molar-refractivity contribution is -0.147. The first-order valence-electron chi connectivity index (χ1n) is 11.6. The molecule has 30 heavy (non-hydrogen) atoms. The molecular formula is C22H37N3O5. The fraction of sp³-hybridized carbons (Fsp3) is 0.909. The monoisotopic (exact) mass is 423 g/mol. The van der Waals surface area contributed by atoms with Gasteiger partial charge in [0, 0.05) is 24.4 Å². The Morgan fingerprint density at radius 1 is 1.20 bits per heavy atom. The summed E-state index contributed by atoms with van der Waals surface area (Å²) < 4.78 is 6.20. The summed E-state index contributed by atoms with van der Waals surface area (Å²) in [6.07, 6.45) is 6.54. The van der Waals surface area contributed by atoms with Gasteiger partial charge < -0.3 is 20.5 Å². The van der Waals surface area contributed by atoms with Crippen LogP contribution < -0.4 is 11.2 Å². The van der Waals surface area contributed by atoms with Crippen LogP contribution in [0.5, 0.6) is 0 Å². The average molecular weight is 424 g/mol. The number of fused-ring (bicyclic) bond motifs is 2. The fourth-order valence-corrected chi connectivity index (χ4v) is 6.45. The van der Waals surface area contributed by atoms with E-state index in [0.717, 1.165) is 51.9 Å². The van der Waals surface area contributed by atoms with Crippen molar-refractivity contribution in [3.63, 3.8) is 0 Å². The highest BCUT2D eigenvalue weighted by molar-refractivity contribution is 5.82. The van der Waals surface area contributed by atoms with Gasteiger partial charge in [0.15, 0.2) is 0 Å². The molecule has 8 nitrogen and oxygen atoms in total. The Bertz CT molecular complexity index is 636.